The van der Waals surface area contributed by atoms with E-state index >= 15 is 0 Å². The van der Waals surface area contributed by atoms with Crippen LogP contribution in [0.5, 0.6) is 11.5 Å². The van der Waals surface area contributed by atoms with Gasteiger partial charge < -0.3 is 9.84 Å². The van der Waals surface area contributed by atoms with Gasteiger partial charge in [-0.15, -0.1) is 0 Å². The maximum atomic E-state index is 12.8. The standard InChI is InChI=1S/C28H46O3/c1-19(2)11-8-12-20(3)13-9-14-21(4)15-10-16-28(7)18-24(29)26-23(6)27(30)22(5)17-25(26)31-28/h17,19-21,30H,8-16,18H2,1-7H3/t20-,21-,28?/m1/s1. The van der Waals surface area contributed by atoms with Crippen LogP contribution in [0, 0.1) is 31.6 Å². The predicted octanol–water partition coefficient (Wildman–Crippen LogP) is 8.17. The van der Waals surface area contributed by atoms with Crippen molar-refractivity contribution in [2.45, 2.75) is 118 Å². The molecular formula is C28H46O3. The topological polar surface area (TPSA) is 46.5 Å². The molecular weight excluding hydrogens is 384 g/mol. The summed E-state index contributed by atoms with van der Waals surface area (Å²) in [4.78, 5) is 12.8. The second-order valence-corrected chi connectivity index (χ2v) is 11.1. The van der Waals surface area contributed by atoms with Crippen molar-refractivity contribution in [2.24, 2.45) is 17.8 Å². The molecule has 1 aliphatic rings. The molecule has 0 saturated carbocycles. The molecule has 3 atom stereocenters. The number of ketones is 1. The van der Waals surface area contributed by atoms with Crippen molar-refractivity contribution in [3.63, 3.8) is 0 Å². The average molecular weight is 431 g/mol. The fourth-order valence-electron chi connectivity index (χ4n) is 5.03. The van der Waals surface area contributed by atoms with Crippen molar-refractivity contribution in [2.75, 3.05) is 0 Å². The fraction of sp³-hybridized carbons (Fsp3) is 0.750. The Labute approximate surface area is 191 Å². The minimum absolute atomic E-state index is 0.0936. The number of aryl methyl sites for hydroxylation is 1. The van der Waals surface area contributed by atoms with Gasteiger partial charge in [0.1, 0.15) is 17.1 Å². The van der Waals surface area contributed by atoms with Gasteiger partial charge in [-0.2, -0.15) is 0 Å². The molecule has 0 radical (unpaired) electrons. The zero-order chi connectivity index (χ0) is 23.2. The molecule has 1 N–H and O–H groups in total. The Morgan fingerprint density at radius 3 is 2.10 bits per heavy atom. The Kier molecular flexibility index (Phi) is 9.45. The highest BCUT2D eigenvalue weighted by Crippen LogP contribution is 2.41. The molecule has 0 bridgehead atoms. The molecule has 0 fully saturated rings. The van der Waals surface area contributed by atoms with E-state index in [9.17, 15) is 9.90 Å². The van der Waals surface area contributed by atoms with Crippen LogP contribution in [0.1, 0.15) is 120 Å². The summed E-state index contributed by atoms with van der Waals surface area (Å²) in [7, 11) is 0. The van der Waals surface area contributed by atoms with Crippen molar-refractivity contribution in [3.05, 3.63) is 22.8 Å². The monoisotopic (exact) mass is 430 g/mol. The summed E-state index contributed by atoms with van der Waals surface area (Å²) in [6.07, 6.45) is 11.6. The van der Waals surface area contributed by atoms with Gasteiger partial charge in [0.15, 0.2) is 5.78 Å². The molecule has 1 aliphatic heterocycles. The minimum Gasteiger partial charge on any atom is -0.507 e. The molecule has 0 aliphatic carbocycles. The molecule has 176 valence electrons. The number of phenols is 1. The third-order valence-electron chi connectivity index (χ3n) is 7.14. The molecule has 0 amide bonds. The van der Waals surface area contributed by atoms with Gasteiger partial charge in [0.05, 0.1) is 12.0 Å². The highest BCUT2D eigenvalue weighted by atomic mass is 16.5. The van der Waals surface area contributed by atoms with E-state index in [-0.39, 0.29) is 11.5 Å². The molecule has 0 saturated heterocycles. The Hall–Kier alpha value is -1.51. The van der Waals surface area contributed by atoms with E-state index < -0.39 is 5.60 Å². The fourth-order valence-corrected chi connectivity index (χ4v) is 5.03. The lowest BCUT2D eigenvalue weighted by molar-refractivity contribution is 0.0444. The summed E-state index contributed by atoms with van der Waals surface area (Å²) >= 11 is 0. The largest absolute Gasteiger partial charge is 0.507 e. The van der Waals surface area contributed by atoms with Gasteiger partial charge in [-0.05, 0) is 63.0 Å². The van der Waals surface area contributed by atoms with E-state index in [1.807, 2.05) is 13.0 Å². The summed E-state index contributed by atoms with van der Waals surface area (Å²) in [6.45, 7) is 15.1. The van der Waals surface area contributed by atoms with Gasteiger partial charge >= 0.3 is 0 Å². The van der Waals surface area contributed by atoms with Crippen molar-refractivity contribution < 1.29 is 14.6 Å². The maximum absolute atomic E-state index is 12.8. The van der Waals surface area contributed by atoms with E-state index in [0.717, 1.165) is 36.2 Å². The lowest BCUT2D eigenvalue weighted by Crippen LogP contribution is -2.39. The number of fused-ring (bicyclic) bond motifs is 1. The van der Waals surface area contributed by atoms with Crippen LogP contribution in [0.15, 0.2) is 6.07 Å². The van der Waals surface area contributed by atoms with E-state index in [0.29, 0.717) is 23.3 Å². The molecule has 3 nitrogen and oxygen atoms in total. The van der Waals surface area contributed by atoms with Crippen LogP contribution in [-0.4, -0.2) is 16.5 Å². The second kappa shape index (κ2) is 11.4. The van der Waals surface area contributed by atoms with E-state index in [4.69, 9.17) is 4.74 Å². The van der Waals surface area contributed by atoms with Crippen molar-refractivity contribution in [1.82, 2.24) is 0 Å². The number of hydrogen-bond acceptors (Lipinski definition) is 3. The summed E-state index contributed by atoms with van der Waals surface area (Å²) in [5.41, 5.74) is 1.54. The summed E-state index contributed by atoms with van der Waals surface area (Å²) in [5, 5.41) is 10.2. The van der Waals surface area contributed by atoms with E-state index in [2.05, 4.69) is 34.6 Å². The molecule has 1 unspecified atom stereocenters. The predicted molar refractivity (Wildman–Crippen MR) is 130 cm³/mol. The summed E-state index contributed by atoms with van der Waals surface area (Å²) < 4.78 is 6.32. The molecule has 1 heterocycles. The zero-order valence-electron chi connectivity index (χ0n) is 21.1. The maximum Gasteiger partial charge on any atom is 0.170 e. The molecule has 2 rings (SSSR count). The highest BCUT2D eigenvalue weighted by Gasteiger charge is 2.37. The first-order valence-corrected chi connectivity index (χ1v) is 12.6. The van der Waals surface area contributed by atoms with E-state index in [1.54, 1.807) is 6.92 Å². The number of ether oxygens (including phenoxy) is 1. The van der Waals surface area contributed by atoms with Gasteiger partial charge in [-0.1, -0.05) is 72.6 Å². The number of Topliss-reactive ketones (excluding diaryl/α,β-unsaturated/α-hetero) is 1. The van der Waals surface area contributed by atoms with Crippen LogP contribution in [-0.2, 0) is 0 Å². The van der Waals surface area contributed by atoms with Crippen LogP contribution < -0.4 is 4.74 Å². The normalized spacial score (nSPS) is 20.5. The molecule has 31 heavy (non-hydrogen) atoms. The summed E-state index contributed by atoms with van der Waals surface area (Å²) in [5.74, 6) is 3.34. The Morgan fingerprint density at radius 2 is 1.52 bits per heavy atom. The number of aromatic hydroxyl groups is 1. The minimum atomic E-state index is -0.440. The number of carbonyl (C=O) groups excluding carboxylic acids is 1. The van der Waals surface area contributed by atoms with Gasteiger partial charge in [0.2, 0.25) is 0 Å². The first-order valence-electron chi connectivity index (χ1n) is 12.6. The summed E-state index contributed by atoms with van der Waals surface area (Å²) in [6, 6.07) is 1.82. The lowest BCUT2D eigenvalue weighted by atomic mass is 9.84. The third-order valence-corrected chi connectivity index (χ3v) is 7.14. The highest BCUT2D eigenvalue weighted by molar-refractivity contribution is 6.02. The number of phenolic OH excluding ortho intramolecular Hbond substituents is 1. The van der Waals surface area contributed by atoms with Gasteiger partial charge in [0.25, 0.3) is 0 Å². The van der Waals surface area contributed by atoms with Crippen molar-refractivity contribution >= 4 is 5.78 Å². The smallest absolute Gasteiger partial charge is 0.170 e. The molecule has 1 aromatic carbocycles. The average Bonchev–Trinajstić information content (AvgIpc) is 2.65. The second-order valence-electron chi connectivity index (χ2n) is 11.1. The van der Waals surface area contributed by atoms with Crippen molar-refractivity contribution in [3.8, 4) is 11.5 Å². The van der Waals surface area contributed by atoms with Gasteiger partial charge in [0, 0.05) is 5.56 Å². The Bertz CT molecular complexity index is 736. The molecule has 1 aromatic rings. The third kappa shape index (κ3) is 7.54. The van der Waals surface area contributed by atoms with Gasteiger partial charge in [-0.3, -0.25) is 4.79 Å². The van der Waals surface area contributed by atoms with Crippen LogP contribution in [0.3, 0.4) is 0 Å². The van der Waals surface area contributed by atoms with Crippen LogP contribution in [0.4, 0.5) is 0 Å². The molecule has 0 spiro atoms. The van der Waals surface area contributed by atoms with Crippen molar-refractivity contribution in [1.29, 1.82) is 0 Å². The van der Waals surface area contributed by atoms with Crippen LogP contribution in [0.25, 0.3) is 0 Å². The van der Waals surface area contributed by atoms with Gasteiger partial charge in [-0.25, -0.2) is 0 Å². The van der Waals surface area contributed by atoms with Crippen LogP contribution in [0.2, 0.25) is 0 Å². The first kappa shape index (κ1) is 25.7. The number of carbonyl (C=O) groups is 1. The lowest BCUT2D eigenvalue weighted by Gasteiger charge is -2.36. The quantitative estimate of drug-likeness (QED) is 0.364. The SMILES string of the molecule is Cc1cc2c(c(C)c1O)C(=O)CC(C)(CCC[C@H](C)CCC[C@H](C)CCCC(C)C)O2. The first-order chi connectivity index (χ1) is 14.5. The molecule has 0 aromatic heterocycles. The number of benzene rings is 1. The van der Waals surface area contributed by atoms with E-state index in [1.165, 1.54) is 44.9 Å². The number of hydrogen-bond donors (Lipinski definition) is 1. The number of rotatable bonds is 12. The Morgan fingerprint density at radius 1 is 0.968 bits per heavy atom. The zero-order valence-corrected chi connectivity index (χ0v) is 21.1. The molecule has 3 heteroatoms. The Balaban J connectivity index is 1.75. The van der Waals surface area contributed by atoms with Crippen LogP contribution >= 0.6 is 0 Å².